The topological polar surface area (TPSA) is 89.8 Å². The van der Waals surface area contributed by atoms with Crippen LogP contribution < -0.4 is 5.32 Å². The number of carboxylic acid groups (broad SMARTS) is 1. The number of aliphatic hydroxyl groups excluding tert-OH is 1. The minimum absolute atomic E-state index is 0.848. The Kier molecular flexibility index (Phi) is 2.57. The van der Waals surface area contributed by atoms with E-state index in [1.54, 1.807) is 0 Å². The normalized spacial score (nSPS) is 16.8. The lowest BCUT2D eigenvalue weighted by molar-refractivity contribution is -0.166. The average molecular weight is 135 g/mol. The molecular weight excluding hydrogens is 126 g/mol. The van der Waals surface area contributed by atoms with Crippen molar-refractivity contribution in [1.29, 1.82) is 0 Å². The number of hydrogen-bond donors (Lipinski definition) is 4. The lowest BCUT2D eigenvalue weighted by atomic mass is 10.2. The summed E-state index contributed by atoms with van der Waals surface area (Å²) in [6.07, 6.45) is 0. The lowest BCUT2D eigenvalue weighted by Crippen LogP contribution is -2.53. The van der Waals surface area contributed by atoms with Gasteiger partial charge in [0, 0.05) is 0 Å². The van der Waals surface area contributed by atoms with E-state index in [1.807, 2.05) is 5.32 Å². The van der Waals surface area contributed by atoms with Gasteiger partial charge in [-0.2, -0.15) is 0 Å². The molecule has 0 saturated heterocycles. The molecule has 4 N–H and O–H groups in total. The molecule has 5 heteroatoms. The van der Waals surface area contributed by atoms with Gasteiger partial charge in [-0.1, -0.05) is 0 Å². The number of carbonyl (C=O) groups is 1. The van der Waals surface area contributed by atoms with E-state index in [0.717, 1.165) is 0 Å². The highest BCUT2D eigenvalue weighted by atomic mass is 16.4. The van der Waals surface area contributed by atoms with E-state index >= 15 is 0 Å². The van der Waals surface area contributed by atoms with E-state index in [9.17, 15) is 4.79 Å². The first kappa shape index (κ1) is 8.35. The zero-order chi connectivity index (χ0) is 7.49. The highest BCUT2D eigenvalue weighted by molar-refractivity contribution is 5.76. The Morgan fingerprint density at radius 1 is 1.78 bits per heavy atom. The largest absolute Gasteiger partial charge is 0.478 e. The van der Waals surface area contributed by atoms with Gasteiger partial charge in [-0.15, -0.1) is 0 Å². The van der Waals surface area contributed by atoms with Gasteiger partial charge in [0.25, 0.3) is 0 Å². The summed E-state index contributed by atoms with van der Waals surface area (Å²) < 4.78 is 0. The molecule has 0 aromatic rings. The van der Waals surface area contributed by atoms with E-state index in [-0.39, 0.29) is 0 Å². The number of nitrogens with one attached hydrogen (secondary N) is 1. The zero-order valence-electron chi connectivity index (χ0n) is 4.96. The van der Waals surface area contributed by atoms with Crippen molar-refractivity contribution in [3.05, 3.63) is 0 Å². The second kappa shape index (κ2) is 2.77. The molecule has 0 spiro atoms. The van der Waals surface area contributed by atoms with Crippen LogP contribution in [0.1, 0.15) is 0 Å². The fourth-order valence-corrected chi connectivity index (χ4v) is 0.254. The van der Waals surface area contributed by atoms with Crippen LogP contribution in [0.3, 0.4) is 0 Å². The van der Waals surface area contributed by atoms with Crippen LogP contribution in [0.15, 0.2) is 0 Å². The fourth-order valence-electron chi connectivity index (χ4n) is 0.254. The SMILES string of the molecule is CN[C@@](O)(CO)C(=O)O. The maximum Gasteiger partial charge on any atom is 0.353 e. The first-order valence-corrected chi connectivity index (χ1v) is 2.32. The number of rotatable bonds is 3. The molecule has 0 aromatic carbocycles. The summed E-state index contributed by atoms with van der Waals surface area (Å²) >= 11 is 0. The molecule has 0 rings (SSSR count). The average Bonchev–Trinajstić information content (AvgIpc) is 1.86. The van der Waals surface area contributed by atoms with Crippen molar-refractivity contribution in [2.75, 3.05) is 13.7 Å². The van der Waals surface area contributed by atoms with Crippen molar-refractivity contribution >= 4 is 5.97 Å². The summed E-state index contributed by atoms with van der Waals surface area (Å²) in [5.41, 5.74) is -2.19. The Labute approximate surface area is 51.9 Å². The minimum Gasteiger partial charge on any atom is -0.478 e. The van der Waals surface area contributed by atoms with Crippen molar-refractivity contribution in [1.82, 2.24) is 5.32 Å². The Balaban J connectivity index is 4.09. The van der Waals surface area contributed by atoms with Crippen LogP contribution in [0.25, 0.3) is 0 Å². The van der Waals surface area contributed by atoms with Gasteiger partial charge in [-0.3, -0.25) is 5.32 Å². The minimum atomic E-state index is -2.19. The smallest absolute Gasteiger partial charge is 0.353 e. The van der Waals surface area contributed by atoms with Gasteiger partial charge in [0.15, 0.2) is 0 Å². The third kappa shape index (κ3) is 1.63. The third-order valence-corrected chi connectivity index (χ3v) is 0.996. The molecule has 0 bridgehead atoms. The molecule has 9 heavy (non-hydrogen) atoms. The van der Waals surface area contributed by atoms with E-state index in [1.165, 1.54) is 7.05 Å². The number of hydrogen-bond acceptors (Lipinski definition) is 4. The molecule has 0 aliphatic heterocycles. The second-order valence-corrected chi connectivity index (χ2v) is 1.57. The molecule has 0 heterocycles. The number of aliphatic hydroxyl groups is 2. The highest BCUT2D eigenvalue weighted by Gasteiger charge is 2.32. The maximum atomic E-state index is 10.0. The molecule has 5 nitrogen and oxygen atoms in total. The van der Waals surface area contributed by atoms with E-state index in [2.05, 4.69) is 0 Å². The van der Waals surface area contributed by atoms with Crippen LogP contribution in [0, 0.1) is 0 Å². The Hall–Kier alpha value is -0.650. The van der Waals surface area contributed by atoms with E-state index in [0.29, 0.717) is 0 Å². The van der Waals surface area contributed by atoms with Crippen LogP contribution in [0.4, 0.5) is 0 Å². The fraction of sp³-hybridized carbons (Fsp3) is 0.750. The van der Waals surface area contributed by atoms with Gasteiger partial charge < -0.3 is 15.3 Å². The van der Waals surface area contributed by atoms with Crippen LogP contribution in [0.2, 0.25) is 0 Å². The van der Waals surface area contributed by atoms with Gasteiger partial charge in [-0.05, 0) is 7.05 Å². The third-order valence-electron chi connectivity index (χ3n) is 0.996. The highest BCUT2D eigenvalue weighted by Crippen LogP contribution is 1.95. The summed E-state index contributed by atoms with van der Waals surface area (Å²) in [5, 5.41) is 27.2. The molecule has 0 radical (unpaired) electrons. The number of likely N-dealkylation sites (N-methyl/N-ethyl adjacent to an activating group) is 1. The molecule has 0 aromatic heterocycles. The molecule has 0 aliphatic carbocycles. The molecule has 0 amide bonds. The summed E-state index contributed by atoms with van der Waals surface area (Å²) in [6.45, 7) is -0.848. The molecule has 54 valence electrons. The Morgan fingerprint density at radius 2 is 2.22 bits per heavy atom. The van der Waals surface area contributed by atoms with Gasteiger partial charge in [0.05, 0.1) is 6.61 Å². The van der Waals surface area contributed by atoms with E-state index < -0.39 is 18.3 Å². The van der Waals surface area contributed by atoms with Crippen molar-refractivity contribution in [3.63, 3.8) is 0 Å². The Morgan fingerprint density at radius 3 is 2.22 bits per heavy atom. The monoisotopic (exact) mass is 135 g/mol. The number of carboxylic acids is 1. The molecule has 0 aliphatic rings. The summed E-state index contributed by atoms with van der Waals surface area (Å²) in [4.78, 5) is 10.0. The van der Waals surface area contributed by atoms with Gasteiger partial charge >= 0.3 is 5.97 Å². The van der Waals surface area contributed by atoms with Gasteiger partial charge in [0.1, 0.15) is 0 Å². The summed E-state index contributed by atoms with van der Waals surface area (Å²) in [5.74, 6) is -1.49. The Bertz CT molecular complexity index is 109. The second-order valence-electron chi connectivity index (χ2n) is 1.57. The predicted octanol–water partition coefficient (Wildman–Crippen LogP) is -2.03. The van der Waals surface area contributed by atoms with Crippen LogP contribution in [-0.2, 0) is 4.79 Å². The quantitative estimate of drug-likeness (QED) is 0.335. The summed E-state index contributed by atoms with van der Waals surface area (Å²) in [6, 6.07) is 0. The number of aliphatic carboxylic acids is 1. The lowest BCUT2D eigenvalue weighted by Gasteiger charge is -2.18. The van der Waals surface area contributed by atoms with Crippen LogP contribution in [-0.4, -0.2) is 40.7 Å². The first-order valence-electron chi connectivity index (χ1n) is 2.32. The van der Waals surface area contributed by atoms with Gasteiger partial charge in [-0.25, -0.2) is 4.79 Å². The van der Waals surface area contributed by atoms with Crippen molar-refractivity contribution in [2.24, 2.45) is 0 Å². The molecule has 1 atom stereocenters. The zero-order valence-corrected chi connectivity index (χ0v) is 4.96. The van der Waals surface area contributed by atoms with Gasteiger partial charge in [0.2, 0.25) is 5.72 Å². The van der Waals surface area contributed by atoms with E-state index in [4.69, 9.17) is 15.3 Å². The first-order chi connectivity index (χ1) is 4.06. The molecule has 0 fully saturated rings. The van der Waals surface area contributed by atoms with Crippen LogP contribution >= 0.6 is 0 Å². The van der Waals surface area contributed by atoms with Crippen molar-refractivity contribution < 1.29 is 20.1 Å². The standard InChI is InChI=1S/C4H9NO4/c1-5-4(9,2-6)3(7)8/h5-6,9H,2H2,1H3,(H,7,8)/t4-/m1/s1. The van der Waals surface area contributed by atoms with Crippen molar-refractivity contribution in [3.8, 4) is 0 Å². The maximum absolute atomic E-state index is 10.0. The predicted molar refractivity (Wildman–Crippen MR) is 28.7 cm³/mol. The molecule has 0 saturated carbocycles. The molecule has 0 unspecified atom stereocenters. The molecular formula is C4H9NO4. The van der Waals surface area contributed by atoms with Crippen LogP contribution in [0.5, 0.6) is 0 Å². The summed E-state index contributed by atoms with van der Waals surface area (Å²) in [7, 11) is 1.24. The van der Waals surface area contributed by atoms with Crippen molar-refractivity contribution in [2.45, 2.75) is 5.72 Å².